The number of carbonyl (C=O) groups is 3. The van der Waals surface area contributed by atoms with Crippen LogP contribution in [0.3, 0.4) is 0 Å². The number of amides is 3. The molecule has 0 bridgehead atoms. The van der Waals surface area contributed by atoms with E-state index in [-0.39, 0.29) is 36.1 Å². The average molecular weight is 516 g/mol. The van der Waals surface area contributed by atoms with Crippen LogP contribution in [0.1, 0.15) is 43.9 Å². The number of anilines is 2. The highest BCUT2D eigenvalue weighted by Crippen LogP contribution is 2.25. The number of hydrogen-bond donors (Lipinski definition) is 3. The zero-order valence-corrected chi connectivity index (χ0v) is 21.2. The second-order valence-corrected chi connectivity index (χ2v) is 7.13. The van der Waals surface area contributed by atoms with Crippen LogP contribution in [-0.2, 0) is 9.53 Å². The summed E-state index contributed by atoms with van der Waals surface area (Å²) >= 11 is 0. The molecule has 3 N–H and O–H groups in total. The van der Waals surface area contributed by atoms with Crippen molar-refractivity contribution < 1.29 is 23.5 Å². The van der Waals surface area contributed by atoms with E-state index in [1.807, 2.05) is 27.7 Å². The van der Waals surface area contributed by atoms with Gasteiger partial charge in [0.25, 0.3) is 11.5 Å². The lowest BCUT2D eigenvalue weighted by atomic mass is 10.2. The van der Waals surface area contributed by atoms with E-state index < -0.39 is 29.5 Å². The van der Waals surface area contributed by atoms with Crippen LogP contribution in [0.4, 0.5) is 20.8 Å². The molecule has 0 saturated carbocycles. The average Bonchev–Trinajstić information content (AvgIpc) is 3.51. The van der Waals surface area contributed by atoms with Gasteiger partial charge in [0.2, 0.25) is 12.4 Å². The van der Waals surface area contributed by atoms with Crippen molar-refractivity contribution in [2.45, 2.75) is 40.7 Å². The molecule has 1 unspecified atom stereocenters. The molecule has 3 amide bonds. The maximum Gasteiger partial charge on any atom is 0.414 e. The molecule has 13 heteroatoms. The Hall–Kier alpha value is -4.55. The van der Waals surface area contributed by atoms with Gasteiger partial charge < -0.3 is 14.6 Å². The summed E-state index contributed by atoms with van der Waals surface area (Å²) in [6.07, 6.45) is 1.88. The van der Waals surface area contributed by atoms with Crippen LogP contribution < -0.4 is 21.1 Å². The van der Waals surface area contributed by atoms with Gasteiger partial charge in [0.15, 0.2) is 0 Å². The lowest BCUT2D eigenvalue weighted by Gasteiger charge is -2.14. The van der Waals surface area contributed by atoms with E-state index in [2.05, 4.69) is 25.6 Å². The Morgan fingerprint density at radius 2 is 1.97 bits per heavy atom. The number of H-pyrrole nitrogens is 1. The molecule has 1 saturated heterocycles. The summed E-state index contributed by atoms with van der Waals surface area (Å²) in [6.45, 7) is 9.91. The number of ether oxygens (including phenoxy) is 1. The van der Waals surface area contributed by atoms with Gasteiger partial charge in [-0.1, -0.05) is 27.7 Å². The Kier molecular flexibility index (Phi) is 10.5. The largest absolute Gasteiger partial charge is 0.442 e. The van der Waals surface area contributed by atoms with E-state index in [0.29, 0.717) is 12.1 Å². The number of rotatable bonds is 7. The van der Waals surface area contributed by atoms with Crippen LogP contribution in [0, 0.1) is 12.7 Å². The molecule has 0 spiro atoms. The number of aromatic nitrogens is 4. The molecule has 0 aliphatic carbocycles. The van der Waals surface area contributed by atoms with Crippen molar-refractivity contribution in [2.24, 2.45) is 0 Å². The first-order valence-corrected chi connectivity index (χ1v) is 11.7. The van der Waals surface area contributed by atoms with Crippen LogP contribution in [-0.4, -0.2) is 57.1 Å². The lowest BCUT2D eigenvalue weighted by Crippen LogP contribution is -2.30. The summed E-state index contributed by atoms with van der Waals surface area (Å²) in [5, 5.41) is 4.86. The van der Waals surface area contributed by atoms with E-state index in [1.54, 1.807) is 6.92 Å². The van der Waals surface area contributed by atoms with Crippen molar-refractivity contribution in [3.8, 4) is 5.69 Å². The Bertz CT molecular complexity index is 1290. The normalized spacial score (nSPS) is 13.9. The van der Waals surface area contributed by atoms with Crippen molar-refractivity contribution in [1.82, 2.24) is 24.8 Å². The fraction of sp³-hybridized carbons (Fsp3) is 0.333. The summed E-state index contributed by atoms with van der Waals surface area (Å²) in [5.74, 6) is -1.34. The molecular weight excluding hydrogens is 485 g/mol. The summed E-state index contributed by atoms with van der Waals surface area (Å²) < 4.78 is 21.3. The molecule has 198 valence electrons. The second-order valence-electron chi connectivity index (χ2n) is 7.13. The number of hydrogen-bond acceptors (Lipinski definition) is 7. The topological polar surface area (TPSA) is 151 Å². The van der Waals surface area contributed by atoms with E-state index >= 15 is 0 Å². The van der Waals surface area contributed by atoms with Crippen molar-refractivity contribution in [1.29, 1.82) is 0 Å². The van der Waals surface area contributed by atoms with Gasteiger partial charge in [0, 0.05) is 18.0 Å². The van der Waals surface area contributed by atoms with E-state index in [1.165, 1.54) is 40.2 Å². The number of benzene rings is 1. The number of imidazole rings is 1. The Morgan fingerprint density at radius 1 is 1.24 bits per heavy atom. The Balaban J connectivity index is 0.00000115. The zero-order chi connectivity index (χ0) is 27.5. The number of nitrogens with zero attached hydrogens (tertiary/aromatic N) is 4. The smallest absolute Gasteiger partial charge is 0.414 e. The maximum atomic E-state index is 14.8. The lowest BCUT2D eigenvalue weighted by molar-refractivity contribution is -0.109. The van der Waals surface area contributed by atoms with Crippen molar-refractivity contribution in [3.05, 3.63) is 64.3 Å². The van der Waals surface area contributed by atoms with E-state index in [9.17, 15) is 23.6 Å². The van der Waals surface area contributed by atoms with Crippen LogP contribution in [0.15, 0.2) is 41.6 Å². The predicted octanol–water partition coefficient (Wildman–Crippen LogP) is 2.78. The van der Waals surface area contributed by atoms with Gasteiger partial charge in [0.05, 0.1) is 24.5 Å². The summed E-state index contributed by atoms with van der Waals surface area (Å²) in [5.41, 5.74) is 0.353. The van der Waals surface area contributed by atoms with Gasteiger partial charge in [-0.2, -0.15) is 0 Å². The van der Waals surface area contributed by atoms with Crippen molar-refractivity contribution >= 4 is 30.0 Å². The molecule has 1 aliphatic rings. The van der Waals surface area contributed by atoms with Crippen molar-refractivity contribution in [3.63, 3.8) is 0 Å². The van der Waals surface area contributed by atoms with Gasteiger partial charge in [-0.3, -0.25) is 29.6 Å². The van der Waals surface area contributed by atoms with Gasteiger partial charge in [-0.05, 0) is 25.1 Å². The van der Waals surface area contributed by atoms with Crippen LogP contribution in [0.25, 0.3) is 5.69 Å². The Morgan fingerprint density at radius 3 is 2.62 bits per heavy atom. The number of halogens is 1. The van der Waals surface area contributed by atoms with Gasteiger partial charge in [-0.15, -0.1) is 0 Å². The highest BCUT2D eigenvalue weighted by molar-refractivity contribution is 6.01. The highest BCUT2D eigenvalue weighted by Gasteiger charge is 2.32. The van der Waals surface area contributed by atoms with Gasteiger partial charge in [-0.25, -0.2) is 19.2 Å². The number of aromatic amines is 1. The fourth-order valence-electron chi connectivity index (χ4n) is 3.27. The molecule has 3 aromatic rings. The molecule has 3 heterocycles. The first-order chi connectivity index (χ1) is 17.8. The quantitative estimate of drug-likeness (QED) is 0.409. The minimum absolute atomic E-state index is 0.0312. The summed E-state index contributed by atoms with van der Waals surface area (Å²) in [4.78, 5) is 58.0. The number of nitrogens with one attached hydrogen (secondary N) is 3. The molecule has 0 radical (unpaired) electrons. The number of carbonyl (C=O) groups excluding carboxylic acids is 3. The SMILES string of the molecule is CC.CC.Cc1cc(=O)[nH]c(NC(=O)c2cn(-c3ccc(N4CC(CNC=O)OC4=O)cc3F)cn2)n1. The standard InChI is InChI=1S/C20H18FN7O5.2C2H6/c1-11-4-17(30)25-19(24-11)26-18(31)15-8-27(9-23-15)16-3-2-12(5-14(16)21)28-7-13(6-22-10-29)33-20(28)32;2*1-2/h2-5,8-10,13H,6-7H2,1H3,(H,22,29)(H2,24,25,26,30,31);2*1-2H3. The molecule has 1 aromatic carbocycles. The first kappa shape index (κ1) is 28.7. The van der Waals surface area contributed by atoms with Crippen LogP contribution in [0.5, 0.6) is 0 Å². The van der Waals surface area contributed by atoms with Crippen LogP contribution in [0.2, 0.25) is 0 Å². The molecule has 1 aliphatic heterocycles. The zero-order valence-electron chi connectivity index (χ0n) is 21.2. The molecule has 37 heavy (non-hydrogen) atoms. The number of cyclic esters (lactones) is 1. The second kappa shape index (κ2) is 13.5. The third-order valence-electron chi connectivity index (χ3n) is 4.74. The minimum atomic E-state index is -0.663. The van der Waals surface area contributed by atoms with Crippen LogP contribution >= 0.6 is 0 Å². The molecule has 1 fully saturated rings. The molecule has 1 atom stereocenters. The van der Waals surface area contributed by atoms with Crippen molar-refractivity contribution in [2.75, 3.05) is 23.3 Å². The van der Waals surface area contributed by atoms with E-state index in [4.69, 9.17) is 4.74 Å². The summed E-state index contributed by atoms with van der Waals surface area (Å²) in [6, 6.07) is 5.39. The molecular formula is C24H30FN7O5. The minimum Gasteiger partial charge on any atom is -0.442 e. The molecule has 2 aromatic heterocycles. The fourth-order valence-corrected chi connectivity index (χ4v) is 3.27. The van der Waals surface area contributed by atoms with Gasteiger partial charge in [0.1, 0.15) is 23.9 Å². The first-order valence-electron chi connectivity index (χ1n) is 11.7. The van der Waals surface area contributed by atoms with E-state index in [0.717, 1.165) is 6.07 Å². The predicted molar refractivity (Wildman–Crippen MR) is 135 cm³/mol. The number of aryl methyl sites for hydroxylation is 1. The Labute approximate surface area is 212 Å². The van der Waals surface area contributed by atoms with Gasteiger partial charge >= 0.3 is 6.09 Å². The molecule has 4 rings (SSSR count). The highest BCUT2D eigenvalue weighted by atomic mass is 19.1. The molecule has 12 nitrogen and oxygen atoms in total. The third kappa shape index (κ3) is 7.22. The summed E-state index contributed by atoms with van der Waals surface area (Å²) in [7, 11) is 0. The maximum absolute atomic E-state index is 14.8. The monoisotopic (exact) mass is 515 g/mol. The third-order valence-corrected chi connectivity index (χ3v) is 4.74.